The molecule has 7 heteroatoms. The Bertz CT molecular complexity index is 674. The van der Waals surface area contributed by atoms with Crippen molar-refractivity contribution in [3.63, 3.8) is 0 Å². The largest absolute Gasteiger partial charge is 0.395 e. The fraction of sp³-hybridized carbons (Fsp3) is 0.471. The van der Waals surface area contributed by atoms with Crippen molar-refractivity contribution in [2.24, 2.45) is 0 Å². The van der Waals surface area contributed by atoms with Gasteiger partial charge < -0.3 is 20.5 Å². The Kier molecular flexibility index (Phi) is 5.55. The molecule has 3 N–H and O–H groups in total. The Balaban J connectivity index is 1.75. The van der Waals surface area contributed by atoms with Crippen LogP contribution in [0.1, 0.15) is 29.3 Å². The minimum Gasteiger partial charge on any atom is -0.395 e. The molecule has 2 aromatic rings. The highest BCUT2D eigenvalue weighted by Gasteiger charge is 2.20. The predicted octanol–water partition coefficient (Wildman–Crippen LogP) is 1.70. The number of nitrogens with one attached hydrogen (secondary N) is 2. The van der Waals surface area contributed by atoms with Gasteiger partial charge in [0.05, 0.1) is 18.9 Å². The van der Waals surface area contributed by atoms with Crippen molar-refractivity contribution in [3.8, 4) is 0 Å². The quantitative estimate of drug-likeness (QED) is 0.712. The van der Waals surface area contributed by atoms with Crippen LogP contribution in [-0.2, 0) is 11.3 Å². The number of aryl methyl sites for hydroxylation is 1. The van der Waals surface area contributed by atoms with Gasteiger partial charge in [-0.1, -0.05) is 0 Å². The van der Waals surface area contributed by atoms with Crippen molar-refractivity contribution in [1.29, 1.82) is 0 Å². The van der Waals surface area contributed by atoms with Crippen molar-refractivity contribution in [2.75, 3.05) is 37.0 Å². The summed E-state index contributed by atoms with van der Waals surface area (Å²) in [7, 11) is 0. The molecular formula is C17H23N5O2. The summed E-state index contributed by atoms with van der Waals surface area (Å²) in [5, 5.41) is 15.4. The lowest BCUT2D eigenvalue weighted by atomic mass is 10.0. The second-order valence-electron chi connectivity index (χ2n) is 5.87. The third kappa shape index (κ3) is 4.39. The molecule has 3 heterocycles. The van der Waals surface area contributed by atoms with E-state index in [9.17, 15) is 0 Å². The van der Waals surface area contributed by atoms with Gasteiger partial charge in [-0.15, -0.1) is 0 Å². The summed E-state index contributed by atoms with van der Waals surface area (Å²) in [6.45, 7) is 4.57. The number of hydrogen-bond acceptors (Lipinski definition) is 7. The molecule has 128 valence electrons. The van der Waals surface area contributed by atoms with Crippen LogP contribution in [-0.4, -0.2) is 46.4 Å². The van der Waals surface area contributed by atoms with Crippen LogP contribution < -0.4 is 10.6 Å². The number of ether oxygens (including phenoxy) is 1. The molecule has 2 aromatic heterocycles. The van der Waals surface area contributed by atoms with Crippen molar-refractivity contribution >= 4 is 11.8 Å². The van der Waals surface area contributed by atoms with Gasteiger partial charge in [-0.2, -0.15) is 4.98 Å². The lowest BCUT2D eigenvalue weighted by Gasteiger charge is -2.13. The molecular weight excluding hydrogens is 306 g/mol. The predicted molar refractivity (Wildman–Crippen MR) is 92.1 cm³/mol. The van der Waals surface area contributed by atoms with Crippen LogP contribution in [0, 0.1) is 6.92 Å². The third-order valence-electron chi connectivity index (χ3n) is 3.92. The highest BCUT2D eigenvalue weighted by atomic mass is 16.5. The second kappa shape index (κ2) is 8.03. The fourth-order valence-electron chi connectivity index (χ4n) is 2.69. The molecule has 0 aliphatic carbocycles. The van der Waals surface area contributed by atoms with Gasteiger partial charge in [-0.3, -0.25) is 4.98 Å². The van der Waals surface area contributed by atoms with Crippen molar-refractivity contribution < 1.29 is 9.84 Å². The van der Waals surface area contributed by atoms with Gasteiger partial charge in [-0.05, 0) is 31.0 Å². The summed E-state index contributed by atoms with van der Waals surface area (Å²) in [6.07, 6.45) is 2.78. The van der Waals surface area contributed by atoms with Gasteiger partial charge in [0.2, 0.25) is 5.95 Å². The summed E-state index contributed by atoms with van der Waals surface area (Å²) in [5.41, 5.74) is 3.11. The average molecular weight is 329 g/mol. The molecule has 0 aromatic carbocycles. The Labute approximate surface area is 141 Å². The SMILES string of the molecule is Cc1cc(CNc2cc([C@@H]3CCOC3)nc(NCCO)n2)ccn1. The Morgan fingerprint density at radius 2 is 2.21 bits per heavy atom. The average Bonchev–Trinajstić information content (AvgIpc) is 3.13. The van der Waals surface area contributed by atoms with Crippen LogP contribution in [0.2, 0.25) is 0 Å². The Morgan fingerprint density at radius 1 is 1.29 bits per heavy atom. The maximum atomic E-state index is 9.00. The molecule has 1 fully saturated rings. The number of rotatable bonds is 7. The number of aromatic nitrogens is 3. The number of anilines is 2. The number of nitrogens with zero attached hydrogens (tertiary/aromatic N) is 3. The molecule has 0 unspecified atom stereocenters. The zero-order valence-electron chi connectivity index (χ0n) is 13.8. The van der Waals surface area contributed by atoms with Gasteiger partial charge in [0.15, 0.2) is 0 Å². The van der Waals surface area contributed by atoms with E-state index in [2.05, 4.69) is 25.6 Å². The highest BCUT2D eigenvalue weighted by molar-refractivity contribution is 5.44. The molecule has 7 nitrogen and oxygen atoms in total. The van der Waals surface area contributed by atoms with E-state index < -0.39 is 0 Å². The van der Waals surface area contributed by atoms with E-state index >= 15 is 0 Å². The topological polar surface area (TPSA) is 92.2 Å². The van der Waals surface area contributed by atoms with E-state index in [0.717, 1.165) is 35.8 Å². The lowest BCUT2D eigenvalue weighted by Crippen LogP contribution is -2.13. The van der Waals surface area contributed by atoms with E-state index in [0.29, 0.717) is 31.6 Å². The lowest BCUT2D eigenvalue weighted by molar-refractivity contribution is 0.193. The Morgan fingerprint density at radius 3 is 2.96 bits per heavy atom. The van der Waals surface area contributed by atoms with Crippen LogP contribution in [0.25, 0.3) is 0 Å². The van der Waals surface area contributed by atoms with Crippen LogP contribution in [0.15, 0.2) is 24.4 Å². The van der Waals surface area contributed by atoms with Crippen LogP contribution in [0.5, 0.6) is 0 Å². The molecule has 1 saturated heterocycles. The molecule has 24 heavy (non-hydrogen) atoms. The highest BCUT2D eigenvalue weighted by Crippen LogP contribution is 2.26. The van der Waals surface area contributed by atoms with Gasteiger partial charge in [0, 0.05) is 43.6 Å². The van der Waals surface area contributed by atoms with Crippen molar-refractivity contribution in [3.05, 3.63) is 41.3 Å². The normalized spacial score (nSPS) is 17.0. The molecule has 0 spiro atoms. The number of aliphatic hydroxyl groups is 1. The van der Waals surface area contributed by atoms with E-state index in [1.165, 1.54) is 0 Å². The smallest absolute Gasteiger partial charge is 0.224 e. The van der Waals surface area contributed by atoms with Crippen LogP contribution >= 0.6 is 0 Å². The van der Waals surface area contributed by atoms with Gasteiger partial charge >= 0.3 is 0 Å². The molecule has 0 bridgehead atoms. The summed E-state index contributed by atoms with van der Waals surface area (Å²) in [4.78, 5) is 13.2. The summed E-state index contributed by atoms with van der Waals surface area (Å²) >= 11 is 0. The van der Waals surface area contributed by atoms with E-state index in [1.54, 1.807) is 0 Å². The minimum atomic E-state index is 0.0409. The fourth-order valence-corrected chi connectivity index (χ4v) is 2.69. The van der Waals surface area contributed by atoms with Gasteiger partial charge in [0.25, 0.3) is 0 Å². The first kappa shape index (κ1) is 16.6. The van der Waals surface area contributed by atoms with E-state index in [4.69, 9.17) is 9.84 Å². The maximum Gasteiger partial charge on any atom is 0.224 e. The second-order valence-corrected chi connectivity index (χ2v) is 5.87. The number of pyridine rings is 1. The van der Waals surface area contributed by atoms with E-state index in [1.807, 2.05) is 31.3 Å². The molecule has 3 rings (SSSR count). The zero-order chi connectivity index (χ0) is 16.8. The first-order chi connectivity index (χ1) is 11.7. The zero-order valence-corrected chi connectivity index (χ0v) is 13.8. The molecule has 1 aliphatic heterocycles. The third-order valence-corrected chi connectivity index (χ3v) is 3.92. The summed E-state index contributed by atoms with van der Waals surface area (Å²) in [6, 6.07) is 6.01. The van der Waals surface area contributed by atoms with Gasteiger partial charge in [-0.25, -0.2) is 4.98 Å². The molecule has 0 saturated carbocycles. The Hall–Kier alpha value is -2.25. The standard InChI is InChI=1S/C17H23N5O2/c1-12-8-13(2-4-18-12)10-20-16-9-15(14-3-7-24-11-14)21-17(22-16)19-5-6-23/h2,4,8-9,14,23H,3,5-7,10-11H2,1H3,(H2,19,20,21,22)/t14-/m1/s1. The number of hydrogen-bond donors (Lipinski definition) is 3. The molecule has 1 aliphatic rings. The number of aliphatic hydroxyl groups excluding tert-OH is 1. The summed E-state index contributed by atoms with van der Waals surface area (Å²) in [5.74, 6) is 1.59. The minimum absolute atomic E-state index is 0.0409. The van der Waals surface area contributed by atoms with Gasteiger partial charge in [0.1, 0.15) is 5.82 Å². The van der Waals surface area contributed by atoms with Crippen LogP contribution in [0.4, 0.5) is 11.8 Å². The van der Waals surface area contributed by atoms with Crippen molar-refractivity contribution in [1.82, 2.24) is 15.0 Å². The first-order valence-corrected chi connectivity index (χ1v) is 8.21. The molecule has 0 radical (unpaired) electrons. The molecule has 1 atom stereocenters. The summed E-state index contributed by atoms with van der Waals surface area (Å²) < 4.78 is 5.47. The van der Waals surface area contributed by atoms with Crippen LogP contribution in [0.3, 0.4) is 0 Å². The maximum absolute atomic E-state index is 9.00. The van der Waals surface area contributed by atoms with E-state index in [-0.39, 0.29) is 6.61 Å². The molecule has 0 amide bonds. The first-order valence-electron chi connectivity index (χ1n) is 8.21. The monoisotopic (exact) mass is 329 g/mol. The van der Waals surface area contributed by atoms with Crippen molar-refractivity contribution in [2.45, 2.75) is 25.8 Å².